The van der Waals surface area contributed by atoms with E-state index in [0.717, 1.165) is 167 Å². The topological polar surface area (TPSA) is 51.2 Å². The first-order valence-electron chi connectivity index (χ1n) is 36.8. The molecule has 0 saturated carbocycles. The monoisotopic (exact) mass is 1420 g/mol. The number of hydrogen-bond acceptors (Lipinski definition) is 6. The molecule has 2 aromatic heterocycles. The van der Waals surface area contributed by atoms with E-state index in [-0.39, 0.29) is 11.6 Å². The number of anilines is 6. The van der Waals surface area contributed by atoms with E-state index in [4.69, 9.17) is 18.3 Å². The average molecular weight is 1420 g/mol. The van der Waals surface area contributed by atoms with E-state index in [0.29, 0.717) is 23.0 Å². The summed E-state index contributed by atoms with van der Waals surface area (Å²) in [4.78, 5) is 4.60. The van der Waals surface area contributed by atoms with Crippen LogP contribution >= 0.6 is 0 Å². The highest BCUT2D eigenvalue weighted by atomic mass is 19.1. The third kappa shape index (κ3) is 10.6. The van der Waals surface area contributed by atoms with E-state index in [1.165, 1.54) is 0 Å². The van der Waals surface area contributed by atoms with Crippen LogP contribution in [0.4, 0.5) is 42.9 Å². The van der Waals surface area contributed by atoms with Crippen molar-refractivity contribution in [2.45, 2.75) is 10.8 Å². The fourth-order valence-electron chi connectivity index (χ4n) is 17.2. The van der Waals surface area contributed by atoms with Crippen molar-refractivity contribution in [3.63, 3.8) is 0 Å². The first kappa shape index (κ1) is 65.2. The van der Waals surface area contributed by atoms with E-state index in [2.05, 4.69) is 241 Å². The van der Waals surface area contributed by atoms with Crippen molar-refractivity contribution < 1.29 is 27.1 Å². The molecule has 0 bridgehead atoms. The van der Waals surface area contributed by atoms with Crippen LogP contribution < -0.4 is 19.3 Å². The van der Waals surface area contributed by atoms with Crippen LogP contribution in [-0.4, -0.2) is 0 Å². The number of benzene rings is 16. The summed E-state index contributed by atoms with van der Waals surface area (Å²) in [5, 5.41) is 4.05. The zero-order chi connectivity index (χ0) is 73.6. The summed E-state index contributed by atoms with van der Waals surface area (Å²) in [6.45, 7) is 7.84. The number of fused-ring (bicyclic) bond motifs is 12. The zero-order valence-corrected chi connectivity index (χ0v) is 59.5. The minimum absolute atomic E-state index is 0.314. The van der Waals surface area contributed by atoms with Gasteiger partial charge in [0.1, 0.15) is 45.8 Å². The van der Waals surface area contributed by atoms with Gasteiger partial charge in [0.25, 0.3) is 0 Å². The molecule has 20 rings (SSSR count). The third-order valence-electron chi connectivity index (χ3n) is 22.2. The largest absolute Gasteiger partial charge is 0.457 e. The molecule has 16 aromatic carbocycles. The molecule has 110 heavy (non-hydrogen) atoms. The van der Waals surface area contributed by atoms with E-state index < -0.39 is 10.8 Å². The molecule has 0 fully saturated rings. The van der Waals surface area contributed by atoms with Gasteiger partial charge in [-0.2, -0.15) is 0 Å². The number of halogens is 2. The van der Waals surface area contributed by atoms with E-state index in [1.54, 1.807) is 24.3 Å². The Balaban J connectivity index is 0.713. The van der Waals surface area contributed by atoms with Gasteiger partial charge in [-0.05, 0) is 235 Å². The Bertz CT molecular complexity index is 6220. The molecule has 0 saturated heterocycles. The summed E-state index contributed by atoms with van der Waals surface area (Å²) in [5.74, 6) is 2.17. The van der Waals surface area contributed by atoms with Gasteiger partial charge >= 0.3 is 0 Å². The van der Waals surface area contributed by atoms with Crippen LogP contribution in [0.1, 0.15) is 55.6 Å². The minimum Gasteiger partial charge on any atom is -0.457 e. The van der Waals surface area contributed by atoms with Crippen LogP contribution in [0.15, 0.2) is 386 Å². The molecule has 2 atom stereocenters. The molecular formula is C102H66F2N2O4. The van der Waals surface area contributed by atoms with Crippen LogP contribution in [-0.2, 0) is 10.8 Å². The molecule has 2 heterocycles. The molecular weight excluding hydrogens is 1360 g/mol. The normalized spacial score (nSPS) is 14.6. The van der Waals surface area contributed by atoms with E-state index in [1.807, 2.05) is 133 Å². The number of nitrogens with zero attached hydrogens (tertiary/aromatic N) is 2. The molecule has 2 aliphatic rings. The van der Waals surface area contributed by atoms with Crippen molar-refractivity contribution in [2.24, 2.45) is 0 Å². The van der Waals surface area contributed by atoms with E-state index in [9.17, 15) is 0 Å². The lowest BCUT2D eigenvalue weighted by Crippen LogP contribution is -2.29. The van der Waals surface area contributed by atoms with Crippen LogP contribution in [0.2, 0.25) is 0 Å². The minimum atomic E-state index is -0.897. The predicted octanol–water partition coefficient (Wildman–Crippen LogP) is 28.0. The lowest BCUT2D eigenvalue weighted by atomic mass is 9.67. The van der Waals surface area contributed by atoms with Crippen LogP contribution in [0.5, 0.6) is 23.0 Å². The van der Waals surface area contributed by atoms with Gasteiger partial charge in [-0.15, -0.1) is 0 Å². The summed E-state index contributed by atoms with van der Waals surface area (Å²) < 4.78 is 57.4. The maximum atomic E-state index is 15.3. The highest BCUT2D eigenvalue weighted by Gasteiger charge is 2.48. The Morgan fingerprint density at radius 2 is 0.600 bits per heavy atom. The second-order valence-electron chi connectivity index (χ2n) is 28.1. The molecule has 2 aliphatic carbocycles. The molecule has 2 unspecified atom stereocenters. The Morgan fingerprint density at radius 3 is 0.982 bits per heavy atom. The second-order valence-corrected chi connectivity index (χ2v) is 28.1. The molecule has 0 radical (unpaired) electrons. The molecule has 522 valence electrons. The number of hydrogen-bond donors (Lipinski definition) is 0. The maximum Gasteiger partial charge on any atom is 0.159 e. The maximum absolute atomic E-state index is 15.3. The van der Waals surface area contributed by atoms with Crippen molar-refractivity contribution in [3.05, 3.63) is 444 Å². The lowest BCUT2D eigenvalue weighted by Gasteiger charge is -2.35. The fourth-order valence-corrected chi connectivity index (χ4v) is 17.2. The summed E-state index contributed by atoms with van der Waals surface area (Å²) in [7, 11) is 0. The van der Waals surface area contributed by atoms with Crippen molar-refractivity contribution in [3.8, 4) is 56.4 Å². The number of para-hydroxylation sites is 4. The Labute approximate surface area is 634 Å². The van der Waals surface area contributed by atoms with Gasteiger partial charge in [0.15, 0.2) is 11.2 Å². The Morgan fingerprint density at radius 1 is 0.282 bits per heavy atom. The highest BCUT2D eigenvalue weighted by molar-refractivity contribution is 6.12. The second kappa shape index (κ2) is 26.3. The van der Waals surface area contributed by atoms with Gasteiger partial charge in [-0.25, -0.2) is 8.78 Å². The summed E-state index contributed by atoms with van der Waals surface area (Å²) >= 11 is 0. The van der Waals surface area contributed by atoms with Gasteiger partial charge in [-0.3, -0.25) is 0 Å². The molecule has 0 amide bonds. The number of furan rings is 2. The van der Waals surface area contributed by atoms with Crippen molar-refractivity contribution in [1.29, 1.82) is 0 Å². The molecule has 18 aromatic rings. The standard InChI is InChI=1S/C102H66F2N2O4/c1-3-65-27-53-79(54-28-65)107-81-57-39-71(40-58-81)101(69-35-43-73(103)44-36-69)91-21-9-5-15-83(91)85-61-51-77(63-93(85)101)105(95-23-13-19-89-87-17-7-11-25-97(87)109-99(89)95)75-47-31-67(32-48-75)68-33-49-76(50-34-68)106(96-24-14-20-90-88-18-8-12-26-98(88)110-100(90)96)78-52-62-86-84-16-6-10-22-92(84)102(94(86)64-78,70-37-45-74(104)46-38-70)72-41-59-82(60-42-72)108-80-55-29-66(4-2)30-56-80/h3-64H,1-2H2. The lowest BCUT2D eigenvalue weighted by molar-refractivity contribution is 0.482. The summed E-state index contributed by atoms with van der Waals surface area (Å²) in [5.41, 5.74) is 23.1. The zero-order valence-electron chi connectivity index (χ0n) is 59.5. The van der Waals surface area contributed by atoms with E-state index >= 15 is 8.78 Å². The Hall–Kier alpha value is -14.3. The van der Waals surface area contributed by atoms with Gasteiger partial charge in [0.05, 0.1) is 22.2 Å². The van der Waals surface area contributed by atoms with Crippen molar-refractivity contribution in [1.82, 2.24) is 0 Å². The first-order chi connectivity index (χ1) is 54.2. The van der Waals surface area contributed by atoms with Crippen molar-refractivity contribution in [2.75, 3.05) is 9.80 Å². The predicted molar refractivity (Wildman–Crippen MR) is 444 cm³/mol. The molecule has 8 heteroatoms. The molecule has 0 aliphatic heterocycles. The van der Waals surface area contributed by atoms with Gasteiger partial charge < -0.3 is 28.1 Å². The Kier molecular flexibility index (Phi) is 15.6. The molecule has 6 nitrogen and oxygen atoms in total. The SMILES string of the molecule is C=Cc1ccc(Oc2ccc(C3(c4ccc(F)cc4)c4ccccc4-c4ccc(N(c5ccc(-c6ccc(N(c7ccc8c(c7)C(c7ccc(F)cc7)(c7ccc(Oc9ccc(C=C)cc9)cc7)c7ccccc7-8)c7cccc8c7oc7ccccc78)cc6)cc5)c5cccc6c5oc5ccccc56)cc43)cc2)cc1. The van der Waals surface area contributed by atoms with Crippen LogP contribution in [0, 0.1) is 11.6 Å². The fraction of sp³-hybridized carbons (Fsp3) is 0.0196. The number of ether oxygens (including phenoxy) is 2. The van der Waals surface area contributed by atoms with Crippen LogP contribution in [0.25, 0.3) is 89.4 Å². The van der Waals surface area contributed by atoms with Crippen LogP contribution in [0.3, 0.4) is 0 Å². The summed E-state index contributed by atoms with van der Waals surface area (Å²) in [6.07, 6.45) is 3.63. The average Bonchev–Trinajstić information content (AvgIpc) is 1.53. The first-order valence-corrected chi connectivity index (χ1v) is 36.8. The quantitative estimate of drug-likeness (QED) is 0.0906. The number of rotatable bonds is 17. The van der Waals surface area contributed by atoms with Gasteiger partial charge in [0.2, 0.25) is 0 Å². The van der Waals surface area contributed by atoms with Crippen molar-refractivity contribution >= 4 is 90.2 Å². The molecule has 0 N–H and O–H groups in total. The van der Waals surface area contributed by atoms with Gasteiger partial charge in [0, 0.05) is 44.3 Å². The highest BCUT2D eigenvalue weighted by Crippen LogP contribution is 2.60. The third-order valence-corrected chi connectivity index (χ3v) is 22.2. The van der Waals surface area contributed by atoms with Gasteiger partial charge in [-0.1, -0.05) is 244 Å². The summed E-state index contributed by atoms with van der Waals surface area (Å²) in [6, 6.07) is 124. The molecule has 0 spiro atoms. The smallest absolute Gasteiger partial charge is 0.159 e.